The maximum absolute atomic E-state index is 12.0. The van der Waals surface area contributed by atoms with Gasteiger partial charge in [-0.25, -0.2) is 0 Å². The molecular weight excluding hydrogens is 376 g/mol. The van der Waals surface area contributed by atoms with Gasteiger partial charge in [0, 0.05) is 19.3 Å². The van der Waals surface area contributed by atoms with Gasteiger partial charge in [-0.15, -0.1) is 0 Å². The minimum absolute atomic E-state index is 0.0656. The van der Waals surface area contributed by atoms with Crippen LogP contribution in [0, 0.1) is 46.3 Å². The third-order valence-electron chi connectivity index (χ3n) is 10.2. The normalized spacial score (nSPS) is 44.0. The van der Waals surface area contributed by atoms with Crippen LogP contribution < -0.4 is 0 Å². The van der Waals surface area contributed by atoms with Crippen LogP contribution >= 0.6 is 0 Å². The largest absolute Gasteiger partial charge is 0.469 e. The van der Waals surface area contributed by atoms with E-state index in [2.05, 4.69) is 34.6 Å². The summed E-state index contributed by atoms with van der Waals surface area (Å²) in [4.78, 5) is 23.7. The molecular formula is C26H44O4. The Morgan fingerprint density at radius 1 is 1.13 bits per heavy atom. The van der Waals surface area contributed by atoms with Crippen molar-refractivity contribution in [2.75, 3.05) is 7.11 Å². The molecule has 0 amide bonds. The molecule has 0 aromatic rings. The summed E-state index contributed by atoms with van der Waals surface area (Å²) in [6.07, 6.45) is 8.66. The van der Waals surface area contributed by atoms with Gasteiger partial charge >= 0.3 is 11.9 Å². The first kappa shape index (κ1) is 23.6. The lowest BCUT2D eigenvalue weighted by Gasteiger charge is -2.60. The number of hydrogen-bond acceptors (Lipinski definition) is 4. The second kappa shape index (κ2) is 8.82. The number of ether oxygens (including phenoxy) is 2. The molecule has 0 spiro atoms. The lowest BCUT2D eigenvalue weighted by atomic mass is 9.45. The van der Waals surface area contributed by atoms with Gasteiger partial charge < -0.3 is 9.47 Å². The Morgan fingerprint density at radius 3 is 2.43 bits per heavy atom. The molecule has 0 bridgehead atoms. The summed E-state index contributed by atoms with van der Waals surface area (Å²) < 4.78 is 10.9. The second-order valence-corrected chi connectivity index (χ2v) is 11.3. The molecule has 0 heterocycles. The molecule has 3 aliphatic rings. The minimum Gasteiger partial charge on any atom is -0.469 e. The summed E-state index contributed by atoms with van der Waals surface area (Å²) in [6, 6.07) is 0. The predicted octanol–water partition coefficient (Wildman–Crippen LogP) is 6.02. The third kappa shape index (κ3) is 3.93. The molecule has 9 atom stereocenters. The molecule has 9 unspecified atom stereocenters. The molecule has 0 saturated heterocycles. The molecule has 172 valence electrons. The monoisotopic (exact) mass is 420 g/mol. The van der Waals surface area contributed by atoms with E-state index in [1.54, 1.807) is 6.92 Å². The van der Waals surface area contributed by atoms with Crippen molar-refractivity contribution < 1.29 is 19.1 Å². The molecule has 0 N–H and O–H groups in total. The molecule has 3 rings (SSSR count). The Labute approximate surface area is 183 Å². The molecule has 3 fully saturated rings. The zero-order valence-electron chi connectivity index (χ0n) is 20.3. The smallest absolute Gasteiger partial charge is 0.305 e. The molecule has 0 radical (unpaired) electrons. The van der Waals surface area contributed by atoms with Gasteiger partial charge in [-0.1, -0.05) is 41.0 Å². The van der Waals surface area contributed by atoms with Crippen LogP contribution in [0.15, 0.2) is 0 Å². The molecule has 3 aliphatic carbocycles. The maximum Gasteiger partial charge on any atom is 0.305 e. The van der Waals surface area contributed by atoms with Gasteiger partial charge in [0.2, 0.25) is 0 Å². The van der Waals surface area contributed by atoms with E-state index in [1.807, 2.05) is 0 Å². The van der Waals surface area contributed by atoms with Crippen LogP contribution in [0.4, 0.5) is 0 Å². The van der Waals surface area contributed by atoms with E-state index in [-0.39, 0.29) is 23.5 Å². The Hall–Kier alpha value is -1.06. The van der Waals surface area contributed by atoms with Crippen molar-refractivity contribution in [3.8, 4) is 0 Å². The number of carbonyl (C=O) groups is 2. The lowest BCUT2D eigenvalue weighted by Crippen LogP contribution is -2.57. The topological polar surface area (TPSA) is 52.6 Å². The van der Waals surface area contributed by atoms with E-state index in [9.17, 15) is 9.59 Å². The van der Waals surface area contributed by atoms with Gasteiger partial charge in [0.05, 0.1) is 7.11 Å². The number of carbonyl (C=O) groups excluding carboxylic acids is 2. The average Bonchev–Trinajstić information content (AvgIpc) is 3.05. The van der Waals surface area contributed by atoms with Gasteiger partial charge in [0.25, 0.3) is 0 Å². The molecule has 30 heavy (non-hydrogen) atoms. The van der Waals surface area contributed by atoms with Crippen molar-refractivity contribution in [3.63, 3.8) is 0 Å². The van der Waals surface area contributed by atoms with Crippen molar-refractivity contribution in [2.45, 2.75) is 99.0 Å². The third-order valence-corrected chi connectivity index (χ3v) is 10.2. The van der Waals surface area contributed by atoms with Crippen molar-refractivity contribution in [1.82, 2.24) is 0 Å². The fourth-order valence-corrected chi connectivity index (χ4v) is 8.20. The highest BCUT2D eigenvalue weighted by molar-refractivity contribution is 5.69. The number of fused-ring (bicyclic) bond motifs is 3. The average molecular weight is 421 g/mol. The second-order valence-electron chi connectivity index (χ2n) is 11.3. The van der Waals surface area contributed by atoms with Crippen molar-refractivity contribution >= 4 is 11.9 Å². The number of rotatable bonds is 6. The molecule has 0 aromatic heterocycles. The Kier molecular flexibility index (Phi) is 6.94. The fraction of sp³-hybridized carbons (Fsp3) is 0.923. The predicted molar refractivity (Wildman–Crippen MR) is 119 cm³/mol. The van der Waals surface area contributed by atoms with Gasteiger partial charge in [0.1, 0.15) is 6.10 Å². The number of esters is 2. The van der Waals surface area contributed by atoms with Gasteiger partial charge in [-0.2, -0.15) is 0 Å². The van der Waals surface area contributed by atoms with Crippen LogP contribution in [0.25, 0.3) is 0 Å². The van der Waals surface area contributed by atoms with Crippen LogP contribution in [-0.2, 0) is 19.1 Å². The molecule has 3 saturated carbocycles. The SMILES string of the molecule is CCC1(C)C(C)CC(OC(C)=O)C2C1CCC1(C)C(C(C)CCC(=O)OC)CCC21. The van der Waals surface area contributed by atoms with Crippen LogP contribution in [0.3, 0.4) is 0 Å². The van der Waals surface area contributed by atoms with E-state index in [0.29, 0.717) is 47.3 Å². The summed E-state index contributed by atoms with van der Waals surface area (Å²) in [5.74, 6) is 3.24. The molecule has 4 nitrogen and oxygen atoms in total. The van der Waals surface area contributed by atoms with E-state index in [4.69, 9.17) is 9.47 Å². The van der Waals surface area contributed by atoms with Crippen molar-refractivity contribution in [1.29, 1.82) is 0 Å². The summed E-state index contributed by atoms with van der Waals surface area (Å²) in [7, 11) is 1.48. The number of hydrogen-bond donors (Lipinski definition) is 0. The summed E-state index contributed by atoms with van der Waals surface area (Å²) in [5, 5.41) is 0. The highest BCUT2D eigenvalue weighted by Crippen LogP contribution is 2.67. The Bertz CT molecular complexity index is 645. The zero-order chi connectivity index (χ0) is 22.3. The Balaban J connectivity index is 1.86. The van der Waals surface area contributed by atoms with E-state index in [0.717, 1.165) is 12.8 Å². The fourth-order valence-electron chi connectivity index (χ4n) is 8.20. The van der Waals surface area contributed by atoms with Crippen molar-refractivity contribution in [2.24, 2.45) is 46.3 Å². The maximum atomic E-state index is 12.0. The van der Waals surface area contributed by atoms with Crippen LogP contribution in [0.2, 0.25) is 0 Å². The van der Waals surface area contributed by atoms with Gasteiger partial charge in [-0.05, 0) is 78.9 Å². The molecule has 0 aliphatic heterocycles. The Morgan fingerprint density at radius 2 is 1.83 bits per heavy atom. The highest BCUT2D eigenvalue weighted by Gasteiger charge is 2.62. The minimum atomic E-state index is -0.126. The molecule has 4 heteroatoms. The first-order chi connectivity index (χ1) is 14.1. The number of methoxy groups -OCH3 is 1. The zero-order valence-corrected chi connectivity index (χ0v) is 20.3. The quantitative estimate of drug-likeness (QED) is 0.493. The van der Waals surface area contributed by atoms with Crippen LogP contribution in [0.1, 0.15) is 92.9 Å². The van der Waals surface area contributed by atoms with E-state index >= 15 is 0 Å². The first-order valence-corrected chi connectivity index (χ1v) is 12.3. The van der Waals surface area contributed by atoms with Crippen LogP contribution in [0.5, 0.6) is 0 Å². The lowest BCUT2D eigenvalue weighted by molar-refractivity contribution is -0.182. The summed E-state index contributed by atoms with van der Waals surface area (Å²) in [6.45, 7) is 13.6. The highest BCUT2D eigenvalue weighted by atomic mass is 16.5. The first-order valence-electron chi connectivity index (χ1n) is 12.3. The van der Waals surface area contributed by atoms with Gasteiger partial charge in [0.15, 0.2) is 0 Å². The van der Waals surface area contributed by atoms with Crippen molar-refractivity contribution in [3.05, 3.63) is 0 Å². The standard InChI is InChI=1S/C26H44O4/c1-8-25(5)17(3)15-22(30-18(4)27)24-20-11-10-19(16(2)9-12-23(28)29-7)26(20,6)14-13-21(24)25/h16-17,19-22,24H,8-15H2,1-7H3. The van der Waals surface area contributed by atoms with Crippen LogP contribution in [-0.4, -0.2) is 25.2 Å². The van der Waals surface area contributed by atoms with Gasteiger partial charge in [-0.3, -0.25) is 9.59 Å². The summed E-state index contributed by atoms with van der Waals surface area (Å²) in [5.41, 5.74) is 0.613. The molecule has 0 aromatic carbocycles. The summed E-state index contributed by atoms with van der Waals surface area (Å²) >= 11 is 0. The van der Waals surface area contributed by atoms with E-state index < -0.39 is 0 Å². The van der Waals surface area contributed by atoms with E-state index in [1.165, 1.54) is 39.2 Å².